The largest absolute Gasteiger partial charge is 0.382 e. The number of rotatable bonds is 5. The smallest absolute Gasteiger partial charge is 0.339 e. The topological polar surface area (TPSA) is 166 Å². The lowest BCUT2D eigenvalue weighted by atomic mass is 10.1. The number of nitrogens with zero attached hydrogens (tertiary/aromatic N) is 3. The van der Waals surface area contributed by atoms with Crippen LogP contribution in [0.1, 0.15) is 17.5 Å². The zero-order valence-electron chi connectivity index (χ0n) is 18.4. The van der Waals surface area contributed by atoms with E-state index in [-0.39, 0.29) is 33.8 Å². The molecule has 0 spiro atoms. The van der Waals surface area contributed by atoms with Crippen molar-refractivity contribution in [2.75, 3.05) is 18.0 Å². The number of benzene rings is 2. The molecule has 15 heteroatoms. The number of nitrogen functional groups attached to an aromatic ring is 1. The van der Waals surface area contributed by atoms with Gasteiger partial charge in [0.05, 0.1) is 6.20 Å². The van der Waals surface area contributed by atoms with Gasteiger partial charge in [0.2, 0.25) is 18.7 Å². The molecule has 1 unspecified atom stereocenters. The third-order valence-corrected chi connectivity index (χ3v) is 5.08. The summed E-state index contributed by atoms with van der Waals surface area (Å²) in [5.41, 5.74) is 5.00. The van der Waals surface area contributed by atoms with Gasteiger partial charge in [-0.3, -0.25) is 9.20 Å². The van der Waals surface area contributed by atoms with Crippen LogP contribution in [-0.4, -0.2) is 47.6 Å². The van der Waals surface area contributed by atoms with E-state index >= 15 is 4.39 Å². The van der Waals surface area contributed by atoms with Gasteiger partial charge in [-0.2, -0.15) is 4.39 Å². The van der Waals surface area contributed by atoms with Crippen LogP contribution in [0.4, 0.5) is 29.1 Å². The molecule has 0 aliphatic carbocycles. The number of carbonyl (C=O) groups is 1. The molecule has 0 fully saturated rings. The highest BCUT2D eigenvalue weighted by atomic mass is 35.5. The average molecular weight is 544 g/mol. The quantitative estimate of drug-likeness (QED) is 0.165. The standard InChI is InChI=1S/C21H16ClF2N5O5.CH2F2/c22-10-3-1-2-9(6-10)17(30)19(31)27-11-4-5-12(13(23)7-11)15-16-18(25)26-8-14(24)29(16)20(28-15)21(32,33)34;2-1-3/h1-8,17,30,32-34H,(H2,25,26)(H,27,31);1H2. The first kappa shape index (κ1) is 27.8. The maximum atomic E-state index is 15.0. The molecule has 0 aliphatic heterocycles. The third kappa shape index (κ3) is 5.95. The molecule has 1 atom stereocenters. The van der Waals surface area contributed by atoms with E-state index in [1.165, 1.54) is 18.2 Å². The van der Waals surface area contributed by atoms with E-state index in [9.17, 15) is 38.4 Å². The zero-order valence-corrected chi connectivity index (χ0v) is 19.2. The second kappa shape index (κ2) is 11.1. The minimum absolute atomic E-state index is 0.0332. The van der Waals surface area contributed by atoms with E-state index in [4.69, 9.17) is 17.3 Å². The molecule has 4 rings (SSSR count). The average Bonchev–Trinajstić information content (AvgIpc) is 3.24. The lowest BCUT2D eigenvalue weighted by Gasteiger charge is -2.13. The van der Waals surface area contributed by atoms with Crippen LogP contribution in [0.5, 0.6) is 0 Å². The highest BCUT2D eigenvalue weighted by Crippen LogP contribution is 2.34. The van der Waals surface area contributed by atoms with E-state index in [1.54, 1.807) is 12.1 Å². The molecule has 2 aromatic heterocycles. The molecule has 1 amide bonds. The van der Waals surface area contributed by atoms with Crippen molar-refractivity contribution in [1.29, 1.82) is 0 Å². The predicted octanol–water partition coefficient (Wildman–Crippen LogP) is 2.55. The van der Waals surface area contributed by atoms with Crippen LogP contribution in [0.2, 0.25) is 5.02 Å². The molecule has 2 heterocycles. The fourth-order valence-electron chi connectivity index (χ4n) is 3.34. The third-order valence-electron chi connectivity index (χ3n) is 4.85. The minimum atomic E-state index is -3.57. The first-order chi connectivity index (χ1) is 17.4. The second-order valence-electron chi connectivity index (χ2n) is 7.31. The number of alkyl halides is 2. The number of carbonyl (C=O) groups excluding carboxylic acids is 1. The first-order valence-electron chi connectivity index (χ1n) is 10.0. The summed E-state index contributed by atoms with van der Waals surface area (Å²) in [6.07, 6.45) is -0.926. The monoisotopic (exact) mass is 543 g/mol. The molecule has 4 aromatic rings. The molecule has 0 aliphatic rings. The van der Waals surface area contributed by atoms with Gasteiger partial charge in [-0.15, -0.1) is 0 Å². The van der Waals surface area contributed by atoms with Crippen molar-refractivity contribution in [3.8, 4) is 11.3 Å². The number of nitrogens with two attached hydrogens (primary N) is 1. The van der Waals surface area contributed by atoms with Gasteiger partial charge in [-0.25, -0.2) is 23.1 Å². The van der Waals surface area contributed by atoms with Crippen molar-refractivity contribution in [3.05, 3.63) is 76.8 Å². The highest BCUT2D eigenvalue weighted by molar-refractivity contribution is 6.30. The SMILES string of the molecule is FCF.Nc1ncc(F)n2c(C(O)(O)O)nc(-c3ccc(NC(=O)C(O)c4cccc(Cl)c4)cc3F)c12. The van der Waals surface area contributed by atoms with Gasteiger partial charge in [-0.1, -0.05) is 23.7 Å². The van der Waals surface area contributed by atoms with E-state index in [2.05, 4.69) is 15.3 Å². The van der Waals surface area contributed by atoms with Crippen LogP contribution in [-0.2, 0) is 10.8 Å². The van der Waals surface area contributed by atoms with Crippen molar-refractivity contribution in [1.82, 2.24) is 14.4 Å². The summed E-state index contributed by atoms with van der Waals surface area (Å²) in [4.78, 5) is 19.7. The van der Waals surface area contributed by atoms with Crippen LogP contribution in [0, 0.1) is 11.8 Å². The Morgan fingerprint density at radius 3 is 2.43 bits per heavy atom. The minimum Gasteiger partial charge on any atom is -0.382 e. The van der Waals surface area contributed by atoms with Crippen molar-refractivity contribution < 1.29 is 42.8 Å². The summed E-state index contributed by atoms with van der Waals surface area (Å²) in [6.45, 7) is -1.75. The number of fused-ring (bicyclic) bond motifs is 1. The van der Waals surface area contributed by atoms with Gasteiger partial charge in [-0.05, 0) is 35.9 Å². The number of hydrogen-bond acceptors (Lipinski definition) is 8. The van der Waals surface area contributed by atoms with Gasteiger partial charge < -0.3 is 31.5 Å². The highest BCUT2D eigenvalue weighted by Gasteiger charge is 2.33. The van der Waals surface area contributed by atoms with E-state index in [0.29, 0.717) is 15.6 Å². The van der Waals surface area contributed by atoms with Crippen molar-refractivity contribution in [3.63, 3.8) is 0 Å². The number of anilines is 2. The Hall–Kier alpha value is -3.82. The number of halogens is 5. The second-order valence-corrected chi connectivity index (χ2v) is 7.75. The maximum absolute atomic E-state index is 15.0. The Bertz CT molecular complexity index is 1450. The van der Waals surface area contributed by atoms with Crippen molar-refractivity contribution in [2.24, 2.45) is 0 Å². The molecular formula is C22H18ClF4N5O5. The molecule has 0 bridgehead atoms. The zero-order chi connectivity index (χ0) is 27.5. The summed E-state index contributed by atoms with van der Waals surface area (Å²) in [5.74, 6) is -7.86. The molecule has 10 nitrogen and oxygen atoms in total. The number of imidazole rings is 1. The summed E-state index contributed by atoms with van der Waals surface area (Å²) < 4.78 is 49.1. The van der Waals surface area contributed by atoms with Crippen LogP contribution in [0.25, 0.3) is 16.8 Å². The van der Waals surface area contributed by atoms with Gasteiger partial charge in [0.25, 0.3) is 5.91 Å². The predicted molar refractivity (Wildman–Crippen MR) is 123 cm³/mol. The van der Waals surface area contributed by atoms with Crippen LogP contribution in [0.3, 0.4) is 0 Å². The number of nitrogens with one attached hydrogen (secondary N) is 1. The Balaban J connectivity index is 0.00000121. The van der Waals surface area contributed by atoms with Gasteiger partial charge >= 0.3 is 5.97 Å². The van der Waals surface area contributed by atoms with Crippen LogP contribution < -0.4 is 11.1 Å². The number of aliphatic hydroxyl groups excluding tert-OH is 1. The maximum Gasteiger partial charge on any atom is 0.339 e. The Kier molecular flexibility index (Phi) is 8.30. The fraction of sp³-hybridized carbons (Fsp3) is 0.136. The van der Waals surface area contributed by atoms with Gasteiger partial charge in [0.1, 0.15) is 22.8 Å². The molecule has 196 valence electrons. The summed E-state index contributed by atoms with van der Waals surface area (Å²) in [6, 6.07) is 9.32. The number of aromatic nitrogens is 3. The number of aliphatic hydroxyl groups is 4. The molecule has 7 N–H and O–H groups in total. The Labute approximate surface area is 210 Å². The van der Waals surface area contributed by atoms with Crippen LogP contribution in [0.15, 0.2) is 48.7 Å². The van der Waals surface area contributed by atoms with Gasteiger partial charge in [0, 0.05) is 16.3 Å². The number of hydrogen-bond donors (Lipinski definition) is 6. The Morgan fingerprint density at radius 2 is 1.84 bits per heavy atom. The van der Waals surface area contributed by atoms with Gasteiger partial charge in [0.15, 0.2) is 6.10 Å². The van der Waals surface area contributed by atoms with E-state index in [1.807, 2.05) is 0 Å². The van der Waals surface area contributed by atoms with Crippen molar-refractivity contribution >= 4 is 34.5 Å². The molecular weight excluding hydrogens is 526 g/mol. The summed E-state index contributed by atoms with van der Waals surface area (Å²) >= 11 is 5.86. The van der Waals surface area contributed by atoms with E-state index in [0.717, 1.165) is 12.1 Å². The van der Waals surface area contributed by atoms with Crippen molar-refractivity contribution in [2.45, 2.75) is 12.1 Å². The fourth-order valence-corrected chi connectivity index (χ4v) is 3.54. The summed E-state index contributed by atoms with van der Waals surface area (Å²) in [7, 11) is 0. The molecule has 0 radical (unpaired) electrons. The van der Waals surface area contributed by atoms with Crippen LogP contribution >= 0.6 is 11.6 Å². The first-order valence-corrected chi connectivity index (χ1v) is 10.4. The summed E-state index contributed by atoms with van der Waals surface area (Å²) in [5, 5.41) is 41.6. The molecule has 2 aromatic carbocycles. The normalized spacial score (nSPS) is 12.1. The van der Waals surface area contributed by atoms with E-state index < -0.39 is 42.5 Å². The Morgan fingerprint density at radius 1 is 1.16 bits per heavy atom. The lowest BCUT2D eigenvalue weighted by Crippen LogP contribution is -2.27. The molecule has 0 saturated carbocycles. The number of amides is 1. The lowest BCUT2D eigenvalue weighted by molar-refractivity contribution is -0.329. The molecule has 0 saturated heterocycles. The molecule has 37 heavy (non-hydrogen) atoms.